The van der Waals surface area contributed by atoms with Crippen molar-refractivity contribution in [2.24, 2.45) is 5.73 Å². The Morgan fingerprint density at radius 3 is 2.64 bits per heavy atom. The number of carbonyl (C=O) groups is 1. The van der Waals surface area contributed by atoms with Crippen molar-refractivity contribution in [2.45, 2.75) is 18.9 Å². The van der Waals surface area contributed by atoms with E-state index >= 15 is 0 Å². The number of hydrogen-bond donors (Lipinski definition) is 1. The molecule has 22 heavy (non-hydrogen) atoms. The van der Waals surface area contributed by atoms with E-state index in [1.165, 1.54) is 11.3 Å². The van der Waals surface area contributed by atoms with Gasteiger partial charge in [0.1, 0.15) is 0 Å². The number of nitrogens with two attached hydrogens (primary N) is 1. The Morgan fingerprint density at radius 1 is 1.23 bits per heavy atom. The number of halogens is 2. The summed E-state index contributed by atoms with van der Waals surface area (Å²) in [6, 6.07) is 11.7. The van der Waals surface area contributed by atoms with Gasteiger partial charge in [-0.25, -0.2) is 0 Å². The second-order valence-electron chi connectivity index (χ2n) is 5.32. The molecule has 0 saturated carbocycles. The SMILES string of the molecule is Cl.NC1CCCN(C(=O)c2ccc(-c3ccc(Cl)cc3)s2)C1. The van der Waals surface area contributed by atoms with Gasteiger partial charge in [-0.15, -0.1) is 23.7 Å². The number of nitrogens with zero attached hydrogens (tertiary/aromatic N) is 1. The zero-order valence-electron chi connectivity index (χ0n) is 12.0. The van der Waals surface area contributed by atoms with Gasteiger partial charge in [0.15, 0.2) is 0 Å². The molecule has 1 saturated heterocycles. The van der Waals surface area contributed by atoms with Crippen LogP contribution in [0, 0.1) is 0 Å². The van der Waals surface area contributed by atoms with E-state index < -0.39 is 0 Å². The molecule has 118 valence electrons. The van der Waals surface area contributed by atoms with Crippen molar-refractivity contribution in [3.05, 3.63) is 46.3 Å². The number of benzene rings is 1. The molecule has 0 spiro atoms. The largest absolute Gasteiger partial charge is 0.336 e. The molecule has 1 aliphatic rings. The molecule has 6 heteroatoms. The minimum absolute atomic E-state index is 0. The molecule has 2 heterocycles. The Labute approximate surface area is 145 Å². The van der Waals surface area contributed by atoms with Gasteiger partial charge < -0.3 is 10.6 Å². The molecule has 3 nitrogen and oxygen atoms in total. The van der Waals surface area contributed by atoms with Gasteiger partial charge in [0.05, 0.1) is 4.88 Å². The van der Waals surface area contributed by atoms with Crippen LogP contribution in [0.4, 0.5) is 0 Å². The smallest absolute Gasteiger partial charge is 0.263 e. The molecular formula is C16H18Cl2N2OS. The van der Waals surface area contributed by atoms with Crippen LogP contribution in [0.2, 0.25) is 5.02 Å². The standard InChI is InChI=1S/C16H17ClN2OS.ClH/c17-12-5-3-11(4-6-12)14-7-8-15(21-14)16(20)19-9-1-2-13(18)10-19;/h3-8,13H,1-2,9-10,18H2;1H. The fraction of sp³-hybridized carbons (Fsp3) is 0.312. The van der Waals surface area contributed by atoms with Crippen molar-refractivity contribution < 1.29 is 4.79 Å². The fourth-order valence-electron chi connectivity index (χ4n) is 2.57. The van der Waals surface area contributed by atoms with E-state index in [-0.39, 0.29) is 24.4 Å². The third-order valence-electron chi connectivity index (χ3n) is 3.69. The van der Waals surface area contributed by atoms with Crippen LogP contribution in [0.25, 0.3) is 10.4 Å². The molecule has 3 rings (SSSR count). The summed E-state index contributed by atoms with van der Waals surface area (Å²) in [6.45, 7) is 1.47. The van der Waals surface area contributed by atoms with Gasteiger partial charge in [-0.1, -0.05) is 23.7 Å². The maximum Gasteiger partial charge on any atom is 0.263 e. The van der Waals surface area contributed by atoms with E-state index in [4.69, 9.17) is 17.3 Å². The van der Waals surface area contributed by atoms with E-state index in [9.17, 15) is 4.79 Å². The number of amides is 1. The monoisotopic (exact) mass is 356 g/mol. The first-order valence-electron chi connectivity index (χ1n) is 7.04. The van der Waals surface area contributed by atoms with Gasteiger partial charge in [-0.2, -0.15) is 0 Å². The lowest BCUT2D eigenvalue weighted by atomic mass is 10.1. The van der Waals surface area contributed by atoms with Crippen LogP contribution < -0.4 is 5.73 Å². The van der Waals surface area contributed by atoms with E-state index in [1.54, 1.807) is 0 Å². The Morgan fingerprint density at radius 2 is 1.95 bits per heavy atom. The Bertz CT molecular complexity index is 642. The molecule has 2 aromatic rings. The summed E-state index contributed by atoms with van der Waals surface area (Å²) < 4.78 is 0. The summed E-state index contributed by atoms with van der Waals surface area (Å²) in [7, 11) is 0. The summed E-state index contributed by atoms with van der Waals surface area (Å²) in [5.74, 6) is 0.0929. The third-order valence-corrected chi connectivity index (χ3v) is 5.06. The first-order valence-corrected chi connectivity index (χ1v) is 8.23. The lowest BCUT2D eigenvalue weighted by Crippen LogP contribution is -2.45. The normalized spacial score (nSPS) is 17.9. The maximum atomic E-state index is 12.5. The predicted octanol–water partition coefficient (Wildman–Crippen LogP) is 4.05. The van der Waals surface area contributed by atoms with Crippen LogP contribution in [0.5, 0.6) is 0 Å². The second-order valence-corrected chi connectivity index (χ2v) is 6.84. The maximum absolute atomic E-state index is 12.5. The van der Waals surface area contributed by atoms with Crippen LogP contribution in [0.1, 0.15) is 22.5 Å². The van der Waals surface area contributed by atoms with E-state index in [0.717, 1.165) is 34.7 Å². The Balaban J connectivity index is 0.00000176. The average molecular weight is 357 g/mol. The van der Waals surface area contributed by atoms with Gasteiger partial charge in [0, 0.05) is 29.0 Å². The zero-order chi connectivity index (χ0) is 14.8. The molecule has 1 aliphatic heterocycles. The van der Waals surface area contributed by atoms with Gasteiger partial charge in [-0.3, -0.25) is 4.79 Å². The number of hydrogen-bond acceptors (Lipinski definition) is 3. The highest BCUT2D eigenvalue weighted by molar-refractivity contribution is 7.17. The number of rotatable bonds is 2. The summed E-state index contributed by atoms with van der Waals surface area (Å²) in [6.07, 6.45) is 1.99. The van der Waals surface area contributed by atoms with Crippen molar-refractivity contribution in [1.29, 1.82) is 0 Å². The lowest BCUT2D eigenvalue weighted by molar-refractivity contribution is 0.0714. The van der Waals surface area contributed by atoms with Crippen molar-refractivity contribution in [2.75, 3.05) is 13.1 Å². The highest BCUT2D eigenvalue weighted by Gasteiger charge is 2.23. The Kier molecular flexibility index (Phi) is 5.87. The molecule has 1 atom stereocenters. The van der Waals surface area contributed by atoms with Crippen LogP contribution in [-0.4, -0.2) is 29.9 Å². The molecule has 2 N–H and O–H groups in total. The molecule has 1 unspecified atom stereocenters. The Hall–Kier alpha value is -1.07. The molecule has 1 fully saturated rings. The molecule has 1 amide bonds. The highest BCUT2D eigenvalue weighted by atomic mass is 35.5. The molecule has 1 aromatic carbocycles. The number of carbonyl (C=O) groups excluding carboxylic acids is 1. The summed E-state index contributed by atoms with van der Waals surface area (Å²) in [5.41, 5.74) is 7.03. The predicted molar refractivity (Wildman–Crippen MR) is 95.1 cm³/mol. The van der Waals surface area contributed by atoms with Crippen LogP contribution in [0.3, 0.4) is 0 Å². The van der Waals surface area contributed by atoms with E-state index in [0.29, 0.717) is 11.6 Å². The first kappa shape index (κ1) is 17.3. The quantitative estimate of drug-likeness (QED) is 0.881. The summed E-state index contributed by atoms with van der Waals surface area (Å²) in [4.78, 5) is 16.2. The highest BCUT2D eigenvalue weighted by Crippen LogP contribution is 2.30. The van der Waals surface area contributed by atoms with Crippen molar-refractivity contribution in [3.63, 3.8) is 0 Å². The van der Waals surface area contributed by atoms with Crippen molar-refractivity contribution in [3.8, 4) is 10.4 Å². The summed E-state index contributed by atoms with van der Waals surface area (Å²) >= 11 is 7.42. The van der Waals surface area contributed by atoms with Crippen LogP contribution in [-0.2, 0) is 0 Å². The molecule has 0 radical (unpaired) electrons. The van der Waals surface area contributed by atoms with Gasteiger partial charge >= 0.3 is 0 Å². The average Bonchev–Trinajstić information content (AvgIpc) is 2.97. The lowest BCUT2D eigenvalue weighted by Gasteiger charge is -2.30. The van der Waals surface area contributed by atoms with Crippen LogP contribution in [0.15, 0.2) is 36.4 Å². The minimum Gasteiger partial charge on any atom is -0.336 e. The minimum atomic E-state index is 0. The van der Waals surface area contributed by atoms with E-state index in [1.807, 2.05) is 41.3 Å². The fourth-order valence-corrected chi connectivity index (χ4v) is 3.68. The number of piperidine rings is 1. The van der Waals surface area contributed by atoms with Crippen molar-refractivity contribution >= 4 is 41.3 Å². The molecule has 0 aliphatic carbocycles. The van der Waals surface area contributed by atoms with E-state index in [2.05, 4.69) is 0 Å². The summed E-state index contributed by atoms with van der Waals surface area (Å²) in [5, 5.41) is 0.717. The third kappa shape index (κ3) is 3.82. The molecule has 0 bridgehead atoms. The number of thiophene rings is 1. The van der Waals surface area contributed by atoms with Crippen LogP contribution >= 0.6 is 35.3 Å². The van der Waals surface area contributed by atoms with Crippen molar-refractivity contribution in [1.82, 2.24) is 4.90 Å². The molecule has 1 aromatic heterocycles. The second kappa shape index (κ2) is 7.47. The van der Waals surface area contributed by atoms with Gasteiger partial charge in [0.25, 0.3) is 5.91 Å². The van der Waals surface area contributed by atoms with Gasteiger partial charge in [-0.05, 0) is 42.7 Å². The molecular weight excluding hydrogens is 339 g/mol. The zero-order valence-corrected chi connectivity index (χ0v) is 14.4. The number of likely N-dealkylation sites (tertiary alicyclic amines) is 1. The first-order chi connectivity index (χ1) is 10.1. The van der Waals surface area contributed by atoms with Gasteiger partial charge in [0.2, 0.25) is 0 Å². The topological polar surface area (TPSA) is 46.3 Å².